The molecule has 0 fully saturated rings. The van der Waals surface area contributed by atoms with Gasteiger partial charge >= 0.3 is 12.1 Å². The summed E-state index contributed by atoms with van der Waals surface area (Å²) in [7, 11) is 0. The number of carbonyl (C=O) groups excluding carboxylic acids is 1. The first-order chi connectivity index (χ1) is 5.38. The van der Waals surface area contributed by atoms with Gasteiger partial charge in [-0.3, -0.25) is 4.79 Å². The van der Waals surface area contributed by atoms with Gasteiger partial charge in [0.1, 0.15) is 0 Å². The van der Waals surface area contributed by atoms with E-state index in [1.165, 1.54) is 0 Å². The molecule has 0 heterocycles. The largest absolute Gasteiger partial charge is 0.466 e. The van der Waals surface area contributed by atoms with Crippen LogP contribution in [0.2, 0.25) is 0 Å². The fourth-order valence-corrected chi connectivity index (χ4v) is 0.586. The third-order valence-electron chi connectivity index (χ3n) is 1.34. The van der Waals surface area contributed by atoms with Gasteiger partial charge in [-0.25, -0.2) is 0 Å². The van der Waals surface area contributed by atoms with Crippen LogP contribution in [-0.2, 0) is 9.53 Å². The average molecular weight is 184 g/mol. The van der Waals surface area contributed by atoms with Gasteiger partial charge in [-0.15, -0.1) is 0 Å². The van der Waals surface area contributed by atoms with Gasteiger partial charge < -0.3 is 4.74 Å². The van der Waals surface area contributed by atoms with Gasteiger partial charge in [-0.05, 0) is 6.92 Å². The van der Waals surface area contributed by atoms with Crippen LogP contribution in [0.15, 0.2) is 0 Å². The Morgan fingerprint density at radius 2 is 2.00 bits per heavy atom. The number of hydrogen-bond donors (Lipinski definition) is 0. The molecule has 0 aromatic heterocycles. The molecule has 0 aliphatic heterocycles. The number of alkyl halides is 3. The lowest BCUT2D eigenvalue weighted by Crippen LogP contribution is -2.23. The predicted octanol–water partition coefficient (Wildman–Crippen LogP) is 2.14. The Kier molecular flexibility index (Phi) is 4.06. The number of halogens is 3. The van der Waals surface area contributed by atoms with E-state index in [-0.39, 0.29) is 6.61 Å². The number of ether oxygens (including phenoxy) is 1. The van der Waals surface area contributed by atoms with E-state index >= 15 is 0 Å². The highest BCUT2D eigenvalue weighted by Gasteiger charge is 2.37. The molecule has 12 heavy (non-hydrogen) atoms. The second kappa shape index (κ2) is 4.33. The molecule has 0 saturated heterocycles. The topological polar surface area (TPSA) is 26.3 Å². The fraction of sp³-hybridized carbons (Fsp3) is 0.857. The first-order valence-corrected chi connectivity index (χ1v) is 3.60. The van der Waals surface area contributed by atoms with E-state index in [1.54, 1.807) is 6.92 Å². The molecule has 0 aromatic carbocycles. The lowest BCUT2D eigenvalue weighted by molar-refractivity contribution is -0.180. The molecule has 0 unspecified atom stereocenters. The van der Waals surface area contributed by atoms with Crippen molar-refractivity contribution in [1.29, 1.82) is 0 Å². The van der Waals surface area contributed by atoms with E-state index < -0.39 is 24.5 Å². The first kappa shape index (κ1) is 11.3. The summed E-state index contributed by atoms with van der Waals surface area (Å²) in [5.74, 6) is -2.43. The maximum atomic E-state index is 11.8. The summed E-state index contributed by atoms with van der Waals surface area (Å²) < 4.78 is 39.9. The molecule has 0 amide bonds. The summed E-state index contributed by atoms with van der Waals surface area (Å²) in [4.78, 5) is 10.6. The summed E-state index contributed by atoms with van der Waals surface area (Å²) >= 11 is 0. The summed E-state index contributed by atoms with van der Waals surface area (Å²) in [5.41, 5.74) is 0. The van der Waals surface area contributed by atoms with Crippen LogP contribution in [0.5, 0.6) is 0 Å². The van der Waals surface area contributed by atoms with Crippen LogP contribution in [0.3, 0.4) is 0 Å². The second-order valence-electron chi connectivity index (χ2n) is 2.45. The third-order valence-corrected chi connectivity index (χ3v) is 1.34. The van der Waals surface area contributed by atoms with Gasteiger partial charge in [-0.2, -0.15) is 13.2 Å². The number of rotatable bonds is 3. The molecular weight excluding hydrogens is 173 g/mol. The van der Waals surface area contributed by atoms with Gasteiger partial charge in [0.25, 0.3) is 0 Å². The van der Waals surface area contributed by atoms with Gasteiger partial charge in [-0.1, -0.05) is 6.92 Å². The second-order valence-corrected chi connectivity index (χ2v) is 2.45. The molecule has 0 aliphatic rings. The number of hydrogen-bond acceptors (Lipinski definition) is 2. The Hall–Kier alpha value is -0.740. The Labute approximate surface area is 68.7 Å². The van der Waals surface area contributed by atoms with Crippen molar-refractivity contribution in [2.45, 2.75) is 26.4 Å². The molecule has 2 nitrogen and oxygen atoms in total. The van der Waals surface area contributed by atoms with Crippen LogP contribution < -0.4 is 0 Å². The number of carbonyl (C=O) groups is 1. The smallest absolute Gasteiger partial charge is 0.392 e. The molecule has 72 valence electrons. The van der Waals surface area contributed by atoms with Crippen LogP contribution in [0.4, 0.5) is 13.2 Å². The van der Waals surface area contributed by atoms with E-state index in [0.29, 0.717) is 0 Å². The predicted molar refractivity (Wildman–Crippen MR) is 36.5 cm³/mol. The van der Waals surface area contributed by atoms with E-state index in [9.17, 15) is 18.0 Å². The van der Waals surface area contributed by atoms with E-state index in [4.69, 9.17) is 0 Å². The fourth-order valence-electron chi connectivity index (χ4n) is 0.586. The van der Waals surface area contributed by atoms with Crippen molar-refractivity contribution in [3.63, 3.8) is 0 Å². The molecule has 0 bridgehead atoms. The quantitative estimate of drug-likeness (QED) is 0.628. The molecule has 0 aliphatic carbocycles. The minimum absolute atomic E-state index is 0.114. The van der Waals surface area contributed by atoms with E-state index in [0.717, 1.165) is 6.92 Å². The van der Waals surface area contributed by atoms with Crippen molar-refractivity contribution in [3.05, 3.63) is 0 Å². The molecule has 0 rings (SSSR count). The summed E-state index contributed by atoms with van der Waals surface area (Å²) in [6.45, 7) is 2.62. The first-order valence-electron chi connectivity index (χ1n) is 3.60. The zero-order valence-corrected chi connectivity index (χ0v) is 6.94. The summed E-state index contributed by atoms with van der Waals surface area (Å²) in [6, 6.07) is 0. The summed E-state index contributed by atoms with van der Waals surface area (Å²) in [5, 5.41) is 0. The van der Waals surface area contributed by atoms with E-state index in [2.05, 4.69) is 4.74 Å². The van der Waals surface area contributed by atoms with Crippen molar-refractivity contribution in [1.82, 2.24) is 0 Å². The molecule has 0 radical (unpaired) electrons. The molecule has 0 spiro atoms. The lowest BCUT2D eigenvalue weighted by atomic mass is 10.1. The molecule has 0 N–H and O–H groups in total. The number of esters is 1. The maximum Gasteiger partial charge on any atom is 0.392 e. The highest BCUT2D eigenvalue weighted by Crippen LogP contribution is 2.28. The van der Waals surface area contributed by atoms with Crippen LogP contribution in [0.1, 0.15) is 20.3 Å². The van der Waals surface area contributed by atoms with Crippen LogP contribution >= 0.6 is 0 Å². The minimum atomic E-state index is -4.31. The Bertz CT molecular complexity index is 153. The van der Waals surface area contributed by atoms with Crippen molar-refractivity contribution >= 4 is 5.97 Å². The monoisotopic (exact) mass is 184 g/mol. The van der Waals surface area contributed by atoms with Crippen molar-refractivity contribution in [2.75, 3.05) is 6.61 Å². The van der Waals surface area contributed by atoms with Gasteiger partial charge in [0.05, 0.1) is 18.9 Å². The van der Waals surface area contributed by atoms with Crippen molar-refractivity contribution < 1.29 is 22.7 Å². The van der Waals surface area contributed by atoms with Crippen molar-refractivity contribution in [2.24, 2.45) is 5.92 Å². The molecule has 1 atom stereocenters. The normalized spacial score (nSPS) is 14.1. The molecule has 0 saturated carbocycles. The van der Waals surface area contributed by atoms with Crippen LogP contribution in [-0.4, -0.2) is 18.8 Å². The Balaban J connectivity index is 3.84. The van der Waals surface area contributed by atoms with Crippen LogP contribution in [0.25, 0.3) is 0 Å². The van der Waals surface area contributed by atoms with E-state index in [1.807, 2.05) is 0 Å². The highest BCUT2D eigenvalue weighted by atomic mass is 19.4. The molecular formula is C7H11F3O2. The highest BCUT2D eigenvalue weighted by molar-refractivity contribution is 5.69. The van der Waals surface area contributed by atoms with Gasteiger partial charge in [0.15, 0.2) is 0 Å². The SMILES string of the molecule is CCOC(=O)C[C@@H](C)C(F)(F)F. The standard InChI is InChI=1S/C7H11F3O2/c1-3-12-6(11)4-5(2)7(8,9)10/h5H,3-4H2,1-2H3/t5-/m1/s1. The third kappa shape index (κ3) is 4.20. The minimum Gasteiger partial charge on any atom is -0.466 e. The zero-order valence-electron chi connectivity index (χ0n) is 6.94. The Morgan fingerprint density at radius 1 is 1.50 bits per heavy atom. The Morgan fingerprint density at radius 3 is 2.33 bits per heavy atom. The molecule has 5 heteroatoms. The van der Waals surface area contributed by atoms with Gasteiger partial charge in [0.2, 0.25) is 0 Å². The molecule has 0 aromatic rings. The summed E-state index contributed by atoms with van der Waals surface area (Å²) in [6.07, 6.45) is -4.91. The van der Waals surface area contributed by atoms with Crippen LogP contribution in [0, 0.1) is 5.92 Å². The maximum absolute atomic E-state index is 11.8. The lowest BCUT2D eigenvalue weighted by Gasteiger charge is -2.13. The van der Waals surface area contributed by atoms with Gasteiger partial charge in [0, 0.05) is 0 Å². The average Bonchev–Trinajstić information content (AvgIpc) is 1.85. The zero-order chi connectivity index (χ0) is 9.78. The van der Waals surface area contributed by atoms with Crippen molar-refractivity contribution in [3.8, 4) is 0 Å².